The fourth-order valence-corrected chi connectivity index (χ4v) is 16.9. The Morgan fingerprint density at radius 2 is 0.603 bits per heavy atom. The Morgan fingerprint density at radius 3 is 0.932 bits per heavy atom. The number of aliphatic hydroxyl groups is 6. The van der Waals surface area contributed by atoms with Crippen LogP contribution in [0.15, 0.2) is 194 Å². The first-order chi connectivity index (χ1) is 70.7. The summed E-state index contributed by atoms with van der Waals surface area (Å²) in [5, 5.41) is 61.3. The summed E-state index contributed by atoms with van der Waals surface area (Å²) < 4.78 is 68.5. The lowest BCUT2D eigenvalue weighted by Crippen LogP contribution is -2.35. The molecular formula is C128H202O18. The average molecular weight is 2030 g/mol. The van der Waals surface area contributed by atoms with E-state index in [1.165, 1.54) is 120 Å². The van der Waals surface area contributed by atoms with Gasteiger partial charge in [0.1, 0.15) is 95.4 Å². The molecule has 0 spiro atoms. The molecule has 6 N–H and O–H groups in total. The van der Waals surface area contributed by atoms with Crippen molar-refractivity contribution in [1.82, 2.24) is 0 Å². The van der Waals surface area contributed by atoms with Crippen LogP contribution in [-0.2, 0) is 12.8 Å². The summed E-state index contributed by atoms with van der Waals surface area (Å²) in [7, 11) is 0. The highest BCUT2D eigenvalue weighted by molar-refractivity contribution is 5.38. The number of aryl methyl sites for hydroxylation is 2. The summed E-state index contributed by atoms with van der Waals surface area (Å²) >= 11 is 0. The molecule has 2 atom stereocenters. The molecule has 0 radical (unpaired) electrons. The Labute approximate surface area is 886 Å². The standard InChI is InChI=1S/C17H26O3.C17H28O3.C17H28O2.C16H24O2.C16H26O2.C15H24O3.C15H22O2.C15H24O/c1-2-12-19-15-8-7-9-16(13-15)20-14-17(18)10-5-3-4-6-11-17;1-4-10-17(18,11-5-2)14-20-16-9-7-8-15(13-16)19-12-6-3;1-4-8-15(9-5-2)14-19-17-11-7-10-16(13-17)18-12-6-3;1-2-6-16(17)14-9-5-10-15(11-14)18-12-13-7-3-4-8-13;1-4-7-9-14-10-8-11-15(12-14)18-13-16(17,5-2)6-3;1-4-10-17-13-8-7-9-14(11-13)18-12-15(16,5-2)6-3;1-2-5-15(16)13-8-4-9-14(10-13)17-11-12-6-3-7-12;1-4-5-7-14-8-6-9-15(12-14)16-11-10-13(2)3/h7-9,13,18H,2-6,10-12,14H2,1H3;7-9,13,18H,4-6,10-12,14H2,1-3H3;7,10-11,13,15H,4-6,8-9,12,14H2,1-3H3;5,9-11,13,16-17H,2-4,6-8,12H2,1H3;8,10-12,17H,4-7,9,13H2,1-3H3;7-9,11,16H,4-6,10,12H2,1-3H3;4,8-10,12,15-16H,2-3,5-7,11H2,1H3;6,8-9,12-13H,4-5,7,10-11H2,1-3H3. The first-order valence-electron chi connectivity index (χ1n) is 57.3. The summed E-state index contributed by atoms with van der Waals surface area (Å²) in [5.74, 6) is 13.1. The molecule has 0 heterocycles. The molecule has 3 saturated carbocycles. The van der Waals surface area contributed by atoms with Crippen LogP contribution in [0.2, 0.25) is 0 Å². The molecule has 18 heteroatoms. The van der Waals surface area contributed by atoms with E-state index in [9.17, 15) is 30.6 Å². The van der Waals surface area contributed by atoms with Crippen LogP contribution in [0.3, 0.4) is 0 Å². The maximum Gasteiger partial charge on any atom is 0.123 e. The van der Waals surface area contributed by atoms with Crippen molar-refractivity contribution in [2.45, 2.75) is 416 Å². The molecule has 8 aromatic carbocycles. The maximum absolute atomic E-state index is 10.6. The predicted molar refractivity (Wildman–Crippen MR) is 606 cm³/mol. The number of hydrogen-bond donors (Lipinski definition) is 6. The minimum absolute atomic E-state index is 0.317. The molecule has 0 amide bonds. The van der Waals surface area contributed by atoms with Crippen molar-refractivity contribution >= 4 is 0 Å². The molecule has 0 aliphatic heterocycles. The van der Waals surface area contributed by atoms with Crippen LogP contribution >= 0.6 is 0 Å². The highest BCUT2D eigenvalue weighted by Gasteiger charge is 2.31. The van der Waals surface area contributed by atoms with E-state index in [0.29, 0.717) is 70.9 Å². The summed E-state index contributed by atoms with van der Waals surface area (Å²) in [6.07, 6.45) is 42.0. The average Bonchev–Trinajstić information content (AvgIpc) is 1.83. The molecular weight excluding hydrogens is 1830 g/mol. The van der Waals surface area contributed by atoms with Gasteiger partial charge in [0.2, 0.25) is 0 Å². The van der Waals surface area contributed by atoms with E-state index in [1.54, 1.807) is 0 Å². The lowest BCUT2D eigenvalue weighted by molar-refractivity contribution is -0.0203. The summed E-state index contributed by atoms with van der Waals surface area (Å²) in [5.41, 5.74) is 1.84. The van der Waals surface area contributed by atoms with Gasteiger partial charge in [-0.25, -0.2) is 0 Å². The molecule has 822 valence electrons. The normalized spacial score (nSPS) is 13.7. The molecule has 0 aromatic heterocycles. The summed E-state index contributed by atoms with van der Waals surface area (Å²) in [6, 6.07) is 63.3. The Bertz CT molecular complexity index is 4330. The van der Waals surface area contributed by atoms with E-state index in [2.05, 4.69) is 133 Å². The van der Waals surface area contributed by atoms with Gasteiger partial charge in [-0.15, -0.1) is 0 Å². The van der Waals surface area contributed by atoms with Gasteiger partial charge < -0.3 is 87.5 Å². The lowest BCUT2D eigenvalue weighted by atomic mass is 9.86. The van der Waals surface area contributed by atoms with Gasteiger partial charge in [-0.2, -0.15) is 0 Å². The molecule has 2 unspecified atom stereocenters. The molecule has 8 aromatic rings. The van der Waals surface area contributed by atoms with Gasteiger partial charge in [-0.05, 0) is 304 Å². The zero-order valence-electron chi connectivity index (χ0n) is 94.3. The molecule has 146 heavy (non-hydrogen) atoms. The van der Waals surface area contributed by atoms with Gasteiger partial charge in [0.15, 0.2) is 0 Å². The minimum Gasteiger partial charge on any atom is -0.494 e. The lowest BCUT2D eigenvalue weighted by Gasteiger charge is -2.27. The van der Waals surface area contributed by atoms with Crippen molar-refractivity contribution < 1.29 is 87.5 Å². The van der Waals surface area contributed by atoms with Gasteiger partial charge in [0.25, 0.3) is 0 Å². The summed E-state index contributed by atoms with van der Waals surface area (Å²) in [4.78, 5) is 0. The van der Waals surface area contributed by atoms with Crippen molar-refractivity contribution in [2.24, 2.45) is 23.7 Å². The van der Waals surface area contributed by atoms with Crippen molar-refractivity contribution in [3.63, 3.8) is 0 Å². The van der Waals surface area contributed by atoms with Crippen LogP contribution in [0, 0.1) is 23.7 Å². The van der Waals surface area contributed by atoms with Crippen LogP contribution in [0.25, 0.3) is 0 Å². The van der Waals surface area contributed by atoms with Crippen molar-refractivity contribution in [1.29, 1.82) is 0 Å². The van der Waals surface area contributed by atoms with Crippen LogP contribution < -0.4 is 56.8 Å². The van der Waals surface area contributed by atoms with Crippen LogP contribution in [0.5, 0.6) is 69.0 Å². The Morgan fingerprint density at radius 1 is 0.295 bits per heavy atom. The highest BCUT2D eigenvalue weighted by atomic mass is 16.5. The van der Waals surface area contributed by atoms with Crippen LogP contribution in [-0.4, -0.2) is 132 Å². The quantitative estimate of drug-likeness (QED) is 0.0195. The number of ether oxygens (including phenoxy) is 12. The second kappa shape index (κ2) is 79.2. The van der Waals surface area contributed by atoms with Gasteiger partial charge in [-0.3, -0.25) is 0 Å². The fourth-order valence-electron chi connectivity index (χ4n) is 16.9. The third-order valence-corrected chi connectivity index (χ3v) is 26.8. The second-order valence-electron chi connectivity index (χ2n) is 40.8. The molecule has 18 nitrogen and oxygen atoms in total. The van der Waals surface area contributed by atoms with E-state index in [0.717, 1.165) is 260 Å². The molecule has 11 rings (SSSR count). The molecule has 0 saturated heterocycles. The van der Waals surface area contributed by atoms with E-state index >= 15 is 0 Å². The Hall–Kier alpha value is -8.88. The third-order valence-electron chi connectivity index (χ3n) is 26.8. The SMILES string of the molecule is CCCC(O)c1cccc(OCC2CCC2)c1.CCCC(O)c1cccc(OCC2CCCC2)c1.CCCCc1cccc(OCC(O)(CC)CC)c1.CCCCc1cccc(OCCC(C)C)c1.CCCOc1cccc(OCC(CCC)CCC)c1.CCCOc1cccc(OCC(O)(CC)CC)c1.CCCOc1cccc(OCC(O)(CCC)CCC)c1.CCCOc1cccc(OCC2(O)CCCCCC2)c1. The number of rotatable bonds is 61. The van der Waals surface area contributed by atoms with Gasteiger partial charge in [-0.1, -0.05) is 294 Å². The predicted octanol–water partition coefficient (Wildman–Crippen LogP) is 32.8. The zero-order valence-corrected chi connectivity index (χ0v) is 94.3. The van der Waals surface area contributed by atoms with E-state index in [-0.39, 0.29) is 12.2 Å². The number of unbranched alkanes of at least 4 members (excludes halogenated alkanes) is 2. The Kier molecular flexibility index (Phi) is 70.2. The summed E-state index contributed by atoms with van der Waals surface area (Å²) in [6.45, 7) is 45.5. The van der Waals surface area contributed by atoms with Crippen molar-refractivity contribution in [3.05, 3.63) is 216 Å². The van der Waals surface area contributed by atoms with Gasteiger partial charge in [0.05, 0.1) is 87.5 Å². The molecule has 3 aliphatic rings. The fraction of sp³-hybridized carbons (Fsp3) is 0.625. The maximum atomic E-state index is 10.6. The number of hydrogen-bond acceptors (Lipinski definition) is 18. The smallest absolute Gasteiger partial charge is 0.123 e. The van der Waals surface area contributed by atoms with Crippen LogP contribution in [0.4, 0.5) is 0 Å². The number of benzene rings is 8. The number of aliphatic hydroxyl groups excluding tert-OH is 2. The van der Waals surface area contributed by atoms with Crippen LogP contribution in [0.1, 0.15) is 403 Å². The second-order valence-corrected chi connectivity index (χ2v) is 40.8. The Balaban J connectivity index is 0.000000348. The van der Waals surface area contributed by atoms with E-state index < -0.39 is 22.4 Å². The zero-order chi connectivity index (χ0) is 107. The molecule has 3 fully saturated rings. The monoisotopic (exact) mass is 2030 g/mol. The first kappa shape index (κ1) is 129. The van der Waals surface area contributed by atoms with E-state index in [4.69, 9.17) is 56.8 Å². The van der Waals surface area contributed by atoms with Crippen molar-refractivity contribution in [3.8, 4) is 69.0 Å². The molecule has 0 bridgehead atoms. The van der Waals surface area contributed by atoms with Crippen molar-refractivity contribution in [2.75, 3.05) is 79.3 Å². The van der Waals surface area contributed by atoms with Gasteiger partial charge >= 0.3 is 0 Å². The van der Waals surface area contributed by atoms with E-state index in [1.807, 2.05) is 185 Å². The molecule has 3 aliphatic carbocycles. The minimum atomic E-state index is -0.736. The topological polar surface area (TPSA) is 232 Å². The highest BCUT2D eigenvalue weighted by Crippen LogP contribution is 2.35. The van der Waals surface area contributed by atoms with Gasteiger partial charge in [0, 0.05) is 24.3 Å². The first-order valence-corrected chi connectivity index (χ1v) is 57.3. The third kappa shape index (κ3) is 58.3. The largest absolute Gasteiger partial charge is 0.494 e.